The molecule has 1 aromatic heterocycles. The van der Waals surface area contributed by atoms with Crippen LogP contribution in [0.5, 0.6) is 0 Å². The molecule has 2 atom stereocenters. The van der Waals surface area contributed by atoms with Crippen LogP contribution in [0, 0.1) is 0 Å². The molecule has 1 aliphatic rings. The standard InChI is InChI=1S/C10H14ClN3O/c1-15-8-3-2-7(4-8)14-10-9(11)5-12-6-13-10/h5-8H,2-4H2,1H3,(H,12,13,14). The highest BCUT2D eigenvalue weighted by Gasteiger charge is 2.24. The second-order valence-corrected chi connectivity index (χ2v) is 4.14. The Bertz CT molecular complexity index is 334. The predicted octanol–water partition coefficient (Wildman–Crippen LogP) is 2.11. The van der Waals surface area contributed by atoms with E-state index in [1.807, 2.05) is 0 Å². The number of halogens is 1. The van der Waals surface area contributed by atoms with Gasteiger partial charge in [0.1, 0.15) is 17.2 Å². The molecule has 0 aromatic carbocycles. The molecule has 5 heteroatoms. The average molecular weight is 228 g/mol. The summed E-state index contributed by atoms with van der Waals surface area (Å²) >= 11 is 5.95. The Morgan fingerprint density at radius 2 is 2.40 bits per heavy atom. The van der Waals surface area contributed by atoms with E-state index in [1.54, 1.807) is 13.3 Å². The molecule has 4 nitrogen and oxygen atoms in total. The summed E-state index contributed by atoms with van der Waals surface area (Å²) in [6.45, 7) is 0. The van der Waals surface area contributed by atoms with Crippen molar-refractivity contribution in [3.8, 4) is 0 Å². The summed E-state index contributed by atoms with van der Waals surface area (Å²) in [5, 5.41) is 3.88. The van der Waals surface area contributed by atoms with Crippen molar-refractivity contribution in [3.63, 3.8) is 0 Å². The number of rotatable bonds is 3. The fourth-order valence-electron chi connectivity index (χ4n) is 1.90. The van der Waals surface area contributed by atoms with Crippen molar-refractivity contribution in [2.45, 2.75) is 31.4 Å². The zero-order valence-electron chi connectivity index (χ0n) is 8.61. The minimum atomic E-state index is 0.364. The molecule has 0 radical (unpaired) electrons. The van der Waals surface area contributed by atoms with Gasteiger partial charge in [0.05, 0.1) is 12.3 Å². The first-order valence-electron chi connectivity index (χ1n) is 5.04. The third-order valence-electron chi connectivity index (χ3n) is 2.73. The molecule has 2 rings (SSSR count). The summed E-state index contributed by atoms with van der Waals surface area (Å²) in [5.74, 6) is 0.716. The molecular formula is C10H14ClN3O. The number of aromatic nitrogens is 2. The van der Waals surface area contributed by atoms with Gasteiger partial charge < -0.3 is 10.1 Å². The summed E-state index contributed by atoms with van der Waals surface area (Å²) in [7, 11) is 1.75. The third kappa shape index (κ3) is 2.58. The van der Waals surface area contributed by atoms with Crippen LogP contribution < -0.4 is 5.32 Å². The number of methoxy groups -OCH3 is 1. The highest BCUT2D eigenvalue weighted by Crippen LogP contribution is 2.26. The van der Waals surface area contributed by atoms with Crippen LogP contribution >= 0.6 is 11.6 Å². The Morgan fingerprint density at radius 3 is 3.07 bits per heavy atom. The minimum Gasteiger partial charge on any atom is -0.381 e. The normalized spacial score (nSPS) is 25.5. The van der Waals surface area contributed by atoms with Gasteiger partial charge in [-0.3, -0.25) is 0 Å². The van der Waals surface area contributed by atoms with Crippen LogP contribution in [0.2, 0.25) is 5.02 Å². The Morgan fingerprint density at radius 1 is 1.53 bits per heavy atom. The molecule has 82 valence electrons. The van der Waals surface area contributed by atoms with Crippen molar-refractivity contribution in [3.05, 3.63) is 17.5 Å². The molecule has 0 amide bonds. The van der Waals surface area contributed by atoms with Gasteiger partial charge in [-0.2, -0.15) is 0 Å². The largest absolute Gasteiger partial charge is 0.381 e. The van der Waals surface area contributed by atoms with Crippen molar-refractivity contribution < 1.29 is 4.74 Å². The zero-order valence-corrected chi connectivity index (χ0v) is 9.37. The van der Waals surface area contributed by atoms with E-state index in [0.29, 0.717) is 23.0 Å². The number of hydrogen-bond acceptors (Lipinski definition) is 4. The van der Waals surface area contributed by atoms with Gasteiger partial charge in [0.2, 0.25) is 0 Å². The zero-order chi connectivity index (χ0) is 10.7. The van der Waals surface area contributed by atoms with Crippen LogP contribution in [-0.2, 0) is 4.74 Å². The quantitative estimate of drug-likeness (QED) is 0.859. The molecule has 0 aliphatic heterocycles. The minimum absolute atomic E-state index is 0.364. The van der Waals surface area contributed by atoms with Crippen LogP contribution in [-0.4, -0.2) is 29.2 Å². The Balaban J connectivity index is 1.96. The second-order valence-electron chi connectivity index (χ2n) is 3.73. The van der Waals surface area contributed by atoms with Crippen molar-refractivity contribution in [1.29, 1.82) is 0 Å². The van der Waals surface area contributed by atoms with Crippen LogP contribution in [0.3, 0.4) is 0 Å². The van der Waals surface area contributed by atoms with Crippen LogP contribution in [0.15, 0.2) is 12.5 Å². The van der Waals surface area contributed by atoms with E-state index in [-0.39, 0.29) is 0 Å². The van der Waals surface area contributed by atoms with Crippen LogP contribution in [0.25, 0.3) is 0 Å². The number of ether oxygens (including phenoxy) is 1. The Labute approximate surface area is 94.0 Å². The summed E-state index contributed by atoms with van der Waals surface area (Å²) in [6.07, 6.45) is 6.66. The first-order chi connectivity index (χ1) is 7.29. The van der Waals surface area contributed by atoms with Gasteiger partial charge in [-0.1, -0.05) is 11.6 Å². The van der Waals surface area contributed by atoms with Gasteiger partial charge in [-0.15, -0.1) is 0 Å². The Hall–Kier alpha value is -0.870. The van der Waals surface area contributed by atoms with Crippen molar-refractivity contribution in [2.24, 2.45) is 0 Å². The molecule has 0 bridgehead atoms. The van der Waals surface area contributed by atoms with Gasteiger partial charge in [0.25, 0.3) is 0 Å². The van der Waals surface area contributed by atoms with E-state index in [2.05, 4.69) is 15.3 Å². The van der Waals surface area contributed by atoms with E-state index in [4.69, 9.17) is 16.3 Å². The molecule has 15 heavy (non-hydrogen) atoms. The van der Waals surface area contributed by atoms with Crippen LogP contribution in [0.1, 0.15) is 19.3 Å². The van der Waals surface area contributed by atoms with E-state index < -0.39 is 0 Å². The fraction of sp³-hybridized carbons (Fsp3) is 0.600. The first-order valence-corrected chi connectivity index (χ1v) is 5.42. The van der Waals surface area contributed by atoms with E-state index in [1.165, 1.54) is 6.33 Å². The van der Waals surface area contributed by atoms with Crippen molar-refractivity contribution in [1.82, 2.24) is 9.97 Å². The van der Waals surface area contributed by atoms with Gasteiger partial charge >= 0.3 is 0 Å². The SMILES string of the molecule is COC1CCC(Nc2ncncc2Cl)C1. The van der Waals surface area contributed by atoms with E-state index in [0.717, 1.165) is 19.3 Å². The van der Waals surface area contributed by atoms with E-state index in [9.17, 15) is 0 Å². The predicted molar refractivity (Wildman–Crippen MR) is 59.1 cm³/mol. The number of nitrogens with one attached hydrogen (secondary N) is 1. The fourth-order valence-corrected chi connectivity index (χ4v) is 2.06. The smallest absolute Gasteiger partial charge is 0.148 e. The van der Waals surface area contributed by atoms with Crippen molar-refractivity contribution >= 4 is 17.4 Å². The molecule has 1 aliphatic carbocycles. The lowest BCUT2D eigenvalue weighted by Crippen LogP contribution is -2.18. The lowest BCUT2D eigenvalue weighted by Gasteiger charge is -2.13. The number of nitrogens with zero attached hydrogens (tertiary/aromatic N) is 2. The molecule has 1 aromatic rings. The Kier molecular flexibility index (Phi) is 3.38. The average Bonchev–Trinajstić information content (AvgIpc) is 2.69. The third-order valence-corrected chi connectivity index (χ3v) is 3.00. The molecule has 1 heterocycles. The maximum atomic E-state index is 5.95. The molecule has 1 saturated carbocycles. The molecule has 0 saturated heterocycles. The molecule has 1 fully saturated rings. The van der Waals surface area contributed by atoms with Gasteiger partial charge in [0.15, 0.2) is 0 Å². The maximum Gasteiger partial charge on any atom is 0.148 e. The molecular weight excluding hydrogens is 214 g/mol. The van der Waals surface area contributed by atoms with Crippen LogP contribution in [0.4, 0.5) is 5.82 Å². The molecule has 2 unspecified atom stereocenters. The topological polar surface area (TPSA) is 47.0 Å². The number of hydrogen-bond donors (Lipinski definition) is 1. The molecule has 0 spiro atoms. The lowest BCUT2D eigenvalue weighted by atomic mass is 10.2. The van der Waals surface area contributed by atoms with Gasteiger partial charge in [0, 0.05) is 13.2 Å². The second kappa shape index (κ2) is 4.77. The highest BCUT2D eigenvalue weighted by molar-refractivity contribution is 6.32. The highest BCUT2D eigenvalue weighted by atomic mass is 35.5. The first kappa shape index (κ1) is 10.6. The lowest BCUT2D eigenvalue weighted by molar-refractivity contribution is 0.108. The van der Waals surface area contributed by atoms with Gasteiger partial charge in [-0.05, 0) is 19.3 Å². The summed E-state index contributed by atoms with van der Waals surface area (Å²) < 4.78 is 5.30. The molecule has 1 N–H and O–H groups in total. The van der Waals surface area contributed by atoms with Gasteiger partial charge in [-0.25, -0.2) is 9.97 Å². The van der Waals surface area contributed by atoms with E-state index >= 15 is 0 Å². The summed E-state index contributed by atoms with van der Waals surface area (Å²) in [6, 6.07) is 0.405. The summed E-state index contributed by atoms with van der Waals surface area (Å²) in [5.41, 5.74) is 0. The monoisotopic (exact) mass is 227 g/mol. The maximum absolute atomic E-state index is 5.95. The van der Waals surface area contributed by atoms with Crippen molar-refractivity contribution in [2.75, 3.05) is 12.4 Å². The summed E-state index contributed by atoms with van der Waals surface area (Å²) in [4.78, 5) is 7.94. The number of anilines is 1.